The molecule has 0 saturated heterocycles. The summed E-state index contributed by atoms with van der Waals surface area (Å²) >= 11 is 0. The fourth-order valence-corrected chi connectivity index (χ4v) is 1.16. The topological polar surface area (TPSA) is 24.7 Å². The Bertz CT molecular complexity index is 280. The van der Waals surface area contributed by atoms with Crippen LogP contribution < -0.4 is 0 Å². The molecule has 0 saturated carbocycles. The van der Waals surface area contributed by atoms with Gasteiger partial charge in [0.1, 0.15) is 0 Å². The Labute approximate surface area is 73.4 Å². The van der Waals surface area contributed by atoms with Gasteiger partial charge in [0.05, 0.1) is 11.4 Å². The van der Waals surface area contributed by atoms with E-state index >= 15 is 0 Å². The van der Waals surface area contributed by atoms with Crippen LogP contribution in [-0.2, 0) is 0 Å². The first-order chi connectivity index (χ1) is 5.81. The Balaban J connectivity index is 2.98. The van der Waals surface area contributed by atoms with Crippen LogP contribution in [0.15, 0.2) is 33.8 Å². The zero-order valence-electron chi connectivity index (χ0n) is 7.83. The summed E-state index contributed by atoms with van der Waals surface area (Å²) in [6.07, 6.45) is 7.24. The minimum absolute atomic E-state index is 0.967. The quantitative estimate of drug-likeness (QED) is 0.527. The van der Waals surface area contributed by atoms with Gasteiger partial charge >= 0.3 is 0 Å². The molecular weight excluding hydrogens is 148 g/mol. The molecule has 0 fully saturated rings. The van der Waals surface area contributed by atoms with Gasteiger partial charge in [0.15, 0.2) is 0 Å². The van der Waals surface area contributed by atoms with Crippen LogP contribution in [0.3, 0.4) is 0 Å². The van der Waals surface area contributed by atoms with Crippen LogP contribution in [0.5, 0.6) is 0 Å². The van der Waals surface area contributed by atoms with Crippen LogP contribution in [0.25, 0.3) is 0 Å². The van der Waals surface area contributed by atoms with Gasteiger partial charge in [-0.15, -0.1) is 0 Å². The maximum atomic E-state index is 4.16. The normalized spacial score (nSPS) is 23.4. The highest BCUT2D eigenvalue weighted by Crippen LogP contribution is 2.09. The van der Waals surface area contributed by atoms with Crippen molar-refractivity contribution in [2.75, 3.05) is 14.1 Å². The lowest BCUT2D eigenvalue weighted by Crippen LogP contribution is -2.12. The Kier molecular flexibility index (Phi) is 2.97. The molecule has 1 aliphatic carbocycles. The number of aliphatic imine (C=N–C) groups is 2. The van der Waals surface area contributed by atoms with E-state index in [0.717, 1.165) is 17.8 Å². The van der Waals surface area contributed by atoms with Crippen molar-refractivity contribution in [3.8, 4) is 0 Å². The van der Waals surface area contributed by atoms with Gasteiger partial charge in [0.25, 0.3) is 0 Å². The van der Waals surface area contributed by atoms with E-state index < -0.39 is 0 Å². The summed E-state index contributed by atoms with van der Waals surface area (Å²) in [5, 5.41) is 0. The number of hydrogen-bond acceptors (Lipinski definition) is 2. The molecule has 12 heavy (non-hydrogen) atoms. The Morgan fingerprint density at radius 3 is 2.25 bits per heavy atom. The van der Waals surface area contributed by atoms with Gasteiger partial charge < -0.3 is 0 Å². The fraction of sp³-hybridized carbons (Fsp3) is 0.400. The van der Waals surface area contributed by atoms with E-state index in [-0.39, 0.29) is 0 Å². The van der Waals surface area contributed by atoms with Crippen LogP contribution in [0, 0.1) is 0 Å². The zero-order valence-corrected chi connectivity index (χ0v) is 7.83. The van der Waals surface area contributed by atoms with Crippen molar-refractivity contribution in [3.63, 3.8) is 0 Å². The summed E-state index contributed by atoms with van der Waals surface area (Å²) in [4.78, 5) is 8.28. The third-order valence-electron chi connectivity index (χ3n) is 1.93. The summed E-state index contributed by atoms with van der Waals surface area (Å²) in [6.45, 7) is 2.14. The van der Waals surface area contributed by atoms with Gasteiger partial charge in [-0.1, -0.05) is 13.0 Å². The van der Waals surface area contributed by atoms with Gasteiger partial charge in [0, 0.05) is 14.1 Å². The van der Waals surface area contributed by atoms with Crippen molar-refractivity contribution in [2.45, 2.75) is 13.3 Å². The molecule has 0 atom stereocenters. The molecule has 0 amide bonds. The summed E-state index contributed by atoms with van der Waals surface area (Å²) < 4.78 is 0. The second-order valence-corrected chi connectivity index (χ2v) is 2.62. The van der Waals surface area contributed by atoms with Crippen molar-refractivity contribution in [2.24, 2.45) is 9.98 Å². The standard InChI is InChI=1S/C10H14N2/c1-4-8-5-6-9(11-2)10(7-8)12-3/h5-7H,4H2,1-3H3. The van der Waals surface area contributed by atoms with Crippen molar-refractivity contribution in [1.29, 1.82) is 0 Å². The fourth-order valence-electron chi connectivity index (χ4n) is 1.16. The molecule has 2 heteroatoms. The van der Waals surface area contributed by atoms with E-state index in [4.69, 9.17) is 0 Å². The summed E-state index contributed by atoms with van der Waals surface area (Å²) in [5.74, 6) is 0. The van der Waals surface area contributed by atoms with E-state index in [1.165, 1.54) is 5.57 Å². The second-order valence-electron chi connectivity index (χ2n) is 2.62. The van der Waals surface area contributed by atoms with E-state index in [1.807, 2.05) is 6.08 Å². The van der Waals surface area contributed by atoms with Crippen LogP contribution in [0.1, 0.15) is 13.3 Å². The first-order valence-electron chi connectivity index (χ1n) is 4.14. The maximum absolute atomic E-state index is 4.16. The van der Waals surface area contributed by atoms with Gasteiger partial charge in [-0.25, -0.2) is 0 Å². The van der Waals surface area contributed by atoms with E-state index in [9.17, 15) is 0 Å². The van der Waals surface area contributed by atoms with Crippen LogP contribution >= 0.6 is 0 Å². The minimum atomic E-state index is 0.967. The maximum Gasteiger partial charge on any atom is 0.0825 e. The van der Waals surface area contributed by atoms with Crippen LogP contribution in [0.4, 0.5) is 0 Å². The molecule has 0 aromatic rings. The van der Waals surface area contributed by atoms with Crippen molar-refractivity contribution < 1.29 is 0 Å². The molecule has 0 N–H and O–H groups in total. The Morgan fingerprint density at radius 1 is 1.08 bits per heavy atom. The second kappa shape index (κ2) is 4.00. The highest BCUT2D eigenvalue weighted by molar-refractivity contribution is 6.51. The SMILES string of the molecule is CCC1=CC(=NC)C(=NC)C=C1. The lowest BCUT2D eigenvalue weighted by atomic mass is 10.0. The number of nitrogens with zero attached hydrogens (tertiary/aromatic N) is 2. The molecule has 64 valence electrons. The number of hydrogen-bond donors (Lipinski definition) is 0. The summed E-state index contributed by atoms with van der Waals surface area (Å²) in [7, 11) is 3.58. The Hall–Kier alpha value is -1.18. The molecule has 0 heterocycles. The van der Waals surface area contributed by atoms with E-state index in [2.05, 4.69) is 29.1 Å². The first kappa shape index (κ1) is 8.91. The molecule has 0 radical (unpaired) electrons. The van der Waals surface area contributed by atoms with Crippen LogP contribution in [0.2, 0.25) is 0 Å². The van der Waals surface area contributed by atoms with Gasteiger partial charge in [0.2, 0.25) is 0 Å². The first-order valence-corrected chi connectivity index (χ1v) is 4.14. The highest BCUT2D eigenvalue weighted by Gasteiger charge is 2.06. The molecule has 0 aliphatic heterocycles. The predicted molar refractivity (Wildman–Crippen MR) is 54.2 cm³/mol. The molecule has 1 rings (SSSR count). The monoisotopic (exact) mass is 162 g/mol. The summed E-state index contributed by atoms with van der Waals surface area (Å²) in [5.41, 5.74) is 3.26. The molecular formula is C10H14N2. The zero-order chi connectivity index (χ0) is 8.97. The van der Waals surface area contributed by atoms with E-state index in [1.54, 1.807) is 14.1 Å². The van der Waals surface area contributed by atoms with Crippen molar-refractivity contribution in [3.05, 3.63) is 23.8 Å². The van der Waals surface area contributed by atoms with Crippen molar-refractivity contribution >= 4 is 11.4 Å². The molecule has 2 nitrogen and oxygen atoms in total. The third kappa shape index (κ3) is 1.70. The molecule has 1 aliphatic rings. The largest absolute Gasteiger partial charge is 0.286 e. The average molecular weight is 162 g/mol. The van der Waals surface area contributed by atoms with Gasteiger partial charge in [-0.2, -0.15) is 0 Å². The number of rotatable bonds is 1. The van der Waals surface area contributed by atoms with E-state index in [0.29, 0.717) is 0 Å². The van der Waals surface area contributed by atoms with Gasteiger partial charge in [-0.3, -0.25) is 9.98 Å². The third-order valence-corrected chi connectivity index (χ3v) is 1.93. The Morgan fingerprint density at radius 2 is 1.75 bits per heavy atom. The lowest BCUT2D eigenvalue weighted by Gasteiger charge is -2.07. The predicted octanol–water partition coefficient (Wildman–Crippen LogP) is 2.03. The minimum Gasteiger partial charge on any atom is -0.286 e. The molecule has 0 bridgehead atoms. The molecule has 0 unspecified atom stereocenters. The highest BCUT2D eigenvalue weighted by atomic mass is 14.8. The average Bonchev–Trinajstić information content (AvgIpc) is 2.16. The molecule has 0 aromatic carbocycles. The molecule has 0 aromatic heterocycles. The smallest absolute Gasteiger partial charge is 0.0825 e. The van der Waals surface area contributed by atoms with Crippen LogP contribution in [-0.4, -0.2) is 25.5 Å². The van der Waals surface area contributed by atoms with Gasteiger partial charge in [-0.05, 0) is 24.1 Å². The summed E-state index contributed by atoms with van der Waals surface area (Å²) in [6, 6.07) is 0. The van der Waals surface area contributed by atoms with Crippen molar-refractivity contribution in [1.82, 2.24) is 0 Å². The molecule has 0 spiro atoms. The number of allylic oxidation sites excluding steroid dienone is 4. The lowest BCUT2D eigenvalue weighted by molar-refractivity contribution is 1.15.